The van der Waals surface area contributed by atoms with Gasteiger partial charge in [-0.3, -0.25) is 19.6 Å². The number of rotatable bonds is 5. The van der Waals surface area contributed by atoms with Crippen LogP contribution in [0.1, 0.15) is 51.0 Å². The molecule has 0 radical (unpaired) electrons. The van der Waals surface area contributed by atoms with Crippen LogP contribution in [0, 0.1) is 0 Å². The van der Waals surface area contributed by atoms with Gasteiger partial charge in [0, 0.05) is 23.9 Å². The molecule has 1 aliphatic carbocycles. The van der Waals surface area contributed by atoms with Crippen molar-refractivity contribution < 1.29 is 9.59 Å². The zero-order valence-corrected chi connectivity index (χ0v) is 15.9. The van der Waals surface area contributed by atoms with E-state index < -0.39 is 0 Å². The van der Waals surface area contributed by atoms with Crippen molar-refractivity contribution in [2.24, 2.45) is 0 Å². The Morgan fingerprint density at radius 2 is 1.83 bits per heavy atom. The van der Waals surface area contributed by atoms with E-state index in [0.29, 0.717) is 34.5 Å². The molecule has 4 heterocycles. The number of anilines is 2. The molecule has 0 spiro atoms. The molecule has 30 heavy (non-hydrogen) atoms. The number of H-pyrrole nitrogens is 1. The molecule has 9 heteroatoms. The van der Waals surface area contributed by atoms with E-state index in [1.54, 1.807) is 35.0 Å². The Kier molecular flexibility index (Phi) is 3.52. The van der Waals surface area contributed by atoms with Crippen molar-refractivity contribution >= 4 is 29.0 Å². The topological polar surface area (TPSA) is 108 Å². The SMILES string of the molecule is O=C1c2ccccc2C(=O)N1Cc1nc(Nc2cc(C3CC3)[nH]n2)c2cccn2n1. The Hall–Kier alpha value is -4.01. The van der Waals surface area contributed by atoms with Gasteiger partial charge in [0.25, 0.3) is 11.8 Å². The molecule has 4 aromatic rings. The van der Waals surface area contributed by atoms with Gasteiger partial charge in [0.15, 0.2) is 17.5 Å². The number of imide groups is 1. The quantitative estimate of drug-likeness (QED) is 0.500. The molecule has 3 aromatic heterocycles. The largest absolute Gasteiger partial charge is 0.322 e. The molecular weight excluding hydrogens is 382 g/mol. The van der Waals surface area contributed by atoms with Crippen molar-refractivity contribution in [1.82, 2.24) is 29.7 Å². The third-order valence-corrected chi connectivity index (χ3v) is 5.47. The fourth-order valence-corrected chi connectivity index (χ4v) is 3.79. The van der Waals surface area contributed by atoms with E-state index in [0.717, 1.165) is 11.2 Å². The number of hydrogen-bond acceptors (Lipinski definition) is 6. The Labute approximate surface area is 170 Å². The minimum Gasteiger partial charge on any atom is -0.322 e. The molecule has 0 saturated heterocycles. The number of benzene rings is 1. The molecule has 1 aliphatic heterocycles. The van der Waals surface area contributed by atoms with E-state index in [2.05, 4.69) is 25.6 Å². The van der Waals surface area contributed by atoms with Crippen LogP contribution in [0.25, 0.3) is 5.52 Å². The summed E-state index contributed by atoms with van der Waals surface area (Å²) in [4.78, 5) is 31.1. The number of nitrogens with zero attached hydrogens (tertiary/aromatic N) is 5. The lowest BCUT2D eigenvalue weighted by Gasteiger charge is -2.14. The summed E-state index contributed by atoms with van der Waals surface area (Å²) < 4.78 is 1.68. The number of carbonyl (C=O) groups excluding carboxylic acids is 2. The maximum absolute atomic E-state index is 12.7. The molecule has 0 bridgehead atoms. The molecule has 0 unspecified atom stereocenters. The molecule has 9 nitrogen and oxygen atoms in total. The summed E-state index contributed by atoms with van der Waals surface area (Å²) in [6.45, 7) is -0.0109. The van der Waals surface area contributed by atoms with E-state index in [9.17, 15) is 9.59 Å². The number of carbonyl (C=O) groups is 2. The van der Waals surface area contributed by atoms with Crippen molar-refractivity contribution in [2.45, 2.75) is 25.3 Å². The van der Waals surface area contributed by atoms with Gasteiger partial charge in [-0.15, -0.1) is 0 Å². The molecule has 2 aliphatic rings. The van der Waals surface area contributed by atoms with Gasteiger partial charge >= 0.3 is 0 Å². The van der Waals surface area contributed by atoms with Crippen molar-refractivity contribution in [3.63, 3.8) is 0 Å². The predicted molar refractivity (Wildman–Crippen MR) is 107 cm³/mol. The molecule has 2 amide bonds. The van der Waals surface area contributed by atoms with E-state index in [4.69, 9.17) is 0 Å². The monoisotopic (exact) mass is 399 g/mol. The smallest absolute Gasteiger partial charge is 0.261 e. The van der Waals surface area contributed by atoms with Gasteiger partial charge in [-0.2, -0.15) is 10.2 Å². The number of nitrogens with one attached hydrogen (secondary N) is 2. The van der Waals surface area contributed by atoms with Gasteiger partial charge in [-0.25, -0.2) is 9.50 Å². The van der Waals surface area contributed by atoms with E-state index in [1.807, 2.05) is 18.2 Å². The summed E-state index contributed by atoms with van der Waals surface area (Å²) in [5.41, 5.74) is 2.71. The molecule has 2 N–H and O–H groups in total. The summed E-state index contributed by atoms with van der Waals surface area (Å²) in [6.07, 6.45) is 4.17. The first-order valence-corrected chi connectivity index (χ1v) is 9.79. The minimum absolute atomic E-state index is 0.0109. The number of aromatic nitrogens is 5. The first-order valence-electron chi connectivity index (χ1n) is 9.79. The third-order valence-electron chi connectivity index (χ3n) is 5.47. The third kappa shape index (κ3) is 2.66. The molecule has 1 saturated carbocycles. The van der Waals surface area contributed by atoms with Gasteiger partial charge in [0.1, 0.15) is 5.52 Å². The van der Waals surface area contributed by atoms with E-state index in [1.165, 1.54) is 17.7 Å². The van der Waals surface area contributed by atoms with Crippen LogP contribution >= 0.6 is 0 Å². The normalized spacial score (nSPS) is 15.8. The van der Waals surface area contributed by atoms with Crippen LogP contribution in [0.15, 0.2) is 48.7 Å². The highest BCUT2D eigenvalue weighted by molar-refractivity contribution is 6.21. The summed E-state index contributed by atoms with van der Waals surface area (Å²) in [6, 6.07) is 12.6. The van der Waals surface area contributed by atoms with Gasteiger partial charge in [0.05, 0.1) is 17.7 Å². The molecular formula is C21H17N7O2. The Bertz CT molecular complexity index is 1280. The second-order valence-electron chi connectivity index (χ2n) is 7.56. The van der Waals surface area contributed by atoms with Crippen molar-refractivity contribution in [2.75, 3.05) is 5.32 Å². The van der Waals surface area contributed by atoms with Crippen LogP contribution in [-0.4, -0.2) is 41.5 Å². The maximum atomic E-state index is 12.7. The highest BCUT2D eigenvalue weighted by Gasteiger charge is 2.35. The maximum Gasteiger partial charge on any atom is 0.261 e. The molecule has 1 aromatic carbocycles. The fraction of sp³-hybridized carbons (Fsp3) is 0.190. The number of fused-ring (bicyclic) bond motifs is 2. The standard InChI is InChI=1S/C21H17N7O2/c29-20-13-4-1-2-5-14(13)21(30)27(20)11-18-23-19(16-6-3-9-28(16)26-18)22-17-10-15(24-25-17)12-7-8-12/h1-6,9-10,12H,7-8,11H2,(H2,22,23,24,25,26). The lowest BCUT2D eigenvalue weighted by Crippen LogP contribution is -2.30. The lowest BCUT2D eigenvalue weighted by molar-refractivity contribution is 0.0637. The second-order valence-corrected chi connectivity index (χ2v) is 7.56. The van der Waals surface area contributed by atoms with Crippen LogP contribution in [0.2, 0.25) is 0 Å². The first kappa shape index (κ1) is 16.9. The van der Waals surface area contributed by atoms with Crippen LogP contribution in [-0.2, 0) is 6.54 Å². The fourth-order valence-electron chi connectivity index (χ4n) is 3.79. The van der Waals surface area contributed by atoms with Crippen LogP contribution in [0.3, 0.4) is 0 Å². The van der Waals surface area contributed by atoms with Crippen molar-refractivity contribution in [1.29, 1.82) is 0 Å². The average Bonchev–Trinajstić information content (AvgIpc) is 3.22. The van der Waals surface area contributed by atoms with Crippen LogP contribution in [0.5, 0.6) is 0 Å². The van der Waals surface area contributed by atoms with Crippen molar-refractivity contribution in [3.8, 4) is 0 Å². The van der Waals surface area contributed by atoms with Crippen molar-refractivity contribution in [3.05, 3.63) is 71.3 Å². The molecule has 0 atom stereocenters. The zero-order chi connectivity index (χ0) is 20.2. The van der Waals surface area contributed by atoms with Gasteiger partial charge in [0.2, 0.25) is 0 Å². The lowest BCUT2D eigenvalue weighted by atomic mass is 10.1. The average molecular weight is 399 g/mol. The van der Waals surface area contributed by atoms with E-state index in [-0.39, 0.29) is 18.4 Å². The molecule has 148 valence electrons. The summed E-state index contributed by atoms with van der Waals surface area (Å²) in [5.74, 6) is 1.50. The van der Waals surface area contributed by atoms with Gasteiger partial charge in [-0.05, 0) is 37.1 Å². The van der Waals surface area contributed by atoms with Crippen LogP contribution in [0.4, 0.5) is 11.6 Å². The number of hydrogen-bond donors (Lipinski definition) is 2. The second kappa shape index (κ2) is 6.24. The number of aromatic amines is 1. The summed E-state index contributed by atoms with van der Waals surface area (Å²) in [5, 5.41) is 15.1. The Morgan fingerprint density at radius 3 is 2.57 bits per heavy atom. The highest BCUT2D eigenvalue weighted by Crippen LogP contribution is 2.39. The Balaban J connectivity index is 1.32. The molecule has 6 rings (SSSR count). The Morgan fingerprint density at radius 1 is 1.07 bits per heavy atom. The van der Waals surface area contributed by atoms with Gasteiger partial charge in [-0.1, -0.05) is 12.1 Å². The predicted octanol–water partition coefficient (Wildman–Crippen LogP) is 2.87. The summed E-state index contributed by atoms with van der Waals surface area (Å²) in [7, 11) is 0. The van der Waals surface area contributed by atoms with Gasteiger partial charge < -0.3 is 5.32 Å². The highest BCUT2D eigenvalue weighted by atomic mass is 16.2. The first-order chi connectivity index (χ1) is 14.7. The summed E-state index contributed by atoms with van der Waals surface area (Å²) >= 11 is 0. The van der Waals surface area contributed by atoms with E-state index >= 15 is 0 Å². The minimum atomic E-state index is -0.331. The van der Waals surface area contributed by atoms with Crippen LogP contribution < -0.4 is 5.32 Å². The molecule has 1 fully saturated rings. The number of amides is 2. The zero-order valence-electron chi connectivity index (χ0n) is 15.9.